The quantitative estimate of drug-likeness (QED) is 0.257. The van der Waals surface area contributed by atoms with Gasteiger partial charge in [-0.15, -0.1) is 0 Å². The summed E-state index contributed by atoms with van der Waals surface area (Å²) in [5, 5.41) is 4.73. The van der Waals surface area contributed by atoms with E-state index in [-0.39, 0.29) is 16.8 Å². The van der Waals surface area contributed by atoms with Crippen LogP contribution in [-0.2, 0) is 4.79 Å². The van der Waals surface area contributed by atoms with Gasteiger partial charge in [-0.3, -0.25) is 9.20 Å². The minimum Gasteiger partial charge on any atom is -0.323 e. The second-order valence-corrected chi connectivity index (χ2v) is 7.65. The minimum atomic E-state index is -0.183. The summed E-state index contributed by atoms with van der Waals surface area (Å²) in [6.45, 7) is 0. The SMILES string of the molecule is O=C(CSc1nc2ccccc2c2nc3ccccc3n12)Nc1cccnc1Cl. The smallest absolute Gasteiger partial charge is 0.234 e. The maximum Gasteiger partial charge on any atom is 0.234 e. The van der Waals surface area contributed by atoms with Crippen LogP contribution in [0.5, 0.6) is 0 Å². The fraction of sp³-hybridized carbons (Fsp3) is 0.0476. The van der Waals surface area contributed by atoms with Crippen molar-refractivity contribution in [3.63, 3.8) is 0 Å². The molecule has 2 aromatic carbocycles. The minimum absolute atomic E-state index is 0.179. The largest absolute Gasteiger partial charge is 0.323 e. The normalized spacial score (nSPS) is 11.3. The molecule has 0 saturated heterocycles. The van der Waals surface area contributed by atoms with Crippen molar-refractivity contribution in [1.82, 2.24) is 19.4 Å². The number of para-hydroxylation sites is 3. The Balaban J connectivity index is 1.53. The van der Waals surface area contributed by atoms with Crippen LogP contribution in [0.3, 0.4) is 0 Å². The van der Waals surface area contributed by atoms with E-state index in [2.05, 4.69) is 10.3 Å². The number of imidazole rings is 1. The third-order valence-electron chi connectivity index (χ3n) is 4.48. The van der Waals surface area contributed by atoms with Crippen LogP contribution in [0, 0.1) is 0 Å². The van der Waals surface area contributed by atoms with Crippen LogP contribution in [0.4, 0.5) is 5.69 Å². The Morgan fingerprint density at radius 3 is 2.66 bits per heavy atom. The third kappa shape index (κ3) is 3.28. The zero-order valence-electron chi connectivity index (χ0n) is 15.0. The number of hydrogen-bond donors (Lipinski definition) is 1. The number of thioether (sulfide) groups is 1. The Morgan fingerprint density at radius 1 is 1.00 bits per heavy atom. The highest BCUT2D eigenvalue weighted by Gasteiger charge is 2.15. The summed E-state index contributed by atoms with van der Waals surface area (Å²) >= 11 is 7.38. The first kappa shape index (κ1) is 17.9. The van der Waals surface area contributed by atoms with Crippen molar-refractivity contribution in [3.05, 3.63) is 72.0 Å². The van der Waals surface area contributed by atoms with Crippen molar-refractivity contribution in [1.29, 1.82) is 0 Å². The number of fused-ring (bicyclic) bond motifs is 5. The van der Waals surface area contributed by atoms with Crippen molar-refractivity contribution in [3.8, 4) is 0 Å². The van der Waals surface area contributed by atoms with Crippen molar-refractivity contribution in [2.45, 2.75) is 5.16 Å². The summed E-state index contributed by atoms with van der Waals surface area (Å²) < 4.78 is 2.01. The maximum absolute atomic E-state index is 12.5. The molecule has 3 aromatic heterocycles. The molecule has 1 amide bonds. The molecule has 0 aliphatic rings. The molecule has 0 spiro atoms. The molecule has 29 heavy (non-hydrogen) atoms. The fourth-order valence-electron chi connectivity index (χ4n) is 3.21. The molecule has 142 valence electrons. The summed E-state index contributed by atoms with van der Waals surface area (Å²) in [4.78, 5) is 26.0. The average Bonchev–Trinajstić information content (AvgIpc) is 3.14. The zero-order valence-corrected chi connectivity index (χ0v) is 16.6. The summed E-state index contributed by atoms with van der Waals surface area (Å²) in [6, 6.07) is 19.2. The molecule has 0 fully saturated rings. The number of carbonyl (C=O) groups excluding carboxylic acids is 1. The van der Waals surface area contributed by atoms with Gasteiger partial charge in [-0.1, -0.05) is 47.6 Å². The van der Waals surface area contributed by atoms with E-state index in [1.807, 2.05) is 52.9 Å². The van der Waals surface area contributed by atoms with Gasteiger partial charge in [-0.25, -0.2) is 15.0 Å². The number of carbonyl (C=O) groups is 1. The van der Waals surface area contributed by atoms with Crippen LogP contribution in [0.2, 0.25) is 5.15 Å². The molecule has 0 saturated carbocycles. The van der Waals surface area contributed by atoms with Crippen molar-refractivity contribution >= 4 is 62.5 Å². The summed E-state index contributed by atoms with van der Waals surface area (Å²) in [7, 11) is 0. The van der Waals surface area contributed by atoms with Crippen LogP contribution in [-0.4, -0.2) is 31.0 Å². The number of anilines is 1. The molecule has 0 atom stereocenters. The lowest BCUT2D eigenvalue weighted by atomic mass is 10.2. The molecule has 0 radical (unpaired) electrons. The second kappa shape index (κ2) is 7.35. The van der Waals surface area contributed by atoms with Gasteiger partial charge in [-0.2, -0.15) is 0 Å². The predicted octanol–water partition coefficient (Wildman–Crippen LogP) is 4.81. The van der Waals surface area contributed by atoms with Crippen LogP contribution in [0.25, 0.3) is 27.6 Å². The number of aromatic nitrogens is 4. The van der Waals surface area contributed by atoms with Gasteiger partial charge in [0.2, 0.25) is 5.91 Å². The van der Waals surface area contributed by atoms with Crippen LogP contribution in [0.1, 0.15) is 0 Å². The lowest BCUT2D eigenvalue weighted by Crippen LogP contribution is -2.15. The number of nitrogens with zero attached hydrogens (tertiary/aromatic N) is 4. The summed E-state index contributed by atoms with van der Waals surface area (Å²) in [5.74, 6) is -0.00420. The van der Waals surface area contributed by atoms with E-state index in [9.17, 15) is 4.79 Å². The maximum atomic E-state index is 12.5. The Bertz CT molecular complexity index is 1380. The van der Waals surface area contributed by atoms with Gasteiger partial charge in [0.15, 0.2) is 10.3 Å². The van der Waals surface area contributed by atoms with E-state index in [0.717, 1.165) is 27.6 Å². The van der Waals surface area contributed by atoms with E-state index in [1.165, 1.54) is 11.8 Å². The van der Waals surface area contributed by atoms with Crippen LogP contribution < -0.4 is 5.32 Å². The van der Waals surface area contributed by atoms with Gasteiger partial charge >= 0.3 is 0 Å². The predicted molar refractivity (Wildman–Crippen MR) is 117 cm³/mol. The lowest BCUT2D eigenvalue weighted by molar-refractivity contribution is -0.113. The lowest BCUT2D eigenvalue weighted by Gasteiger charge is -2.09. The molecule has 0 aliphatic heterocycles. The van der Waals surface area contributed by atoms with E-state index in [0.29, 0.717) is 10.8 Å². The second-order valence-electron chi connectivity index (χ2n) is 6.35. The number of benzene rings is 2. The Morgan fingerprint density at radius 2 is 1.79 bits per heavy atom. The number of pyridine rings is 1. The molecule has 8 heteroatoms. The van der Waals surface area contributed by atoms with E-state index in [4.69, 9.17) is 21.6 Å². The standard InChI is InChI=1S/C21H14ClN5OS/c22-19-16(9-5-11-23-19)24-18(28)12-29-21-26-14-7-2-1-6-13(14)20-25-15-8-3-4-10-17(15)27(20)21/h1-11H,12H2,(H,24,28). The third-order valence-corrected chi connectivity index (χ3v) is 5.72. The topological polar surface area (TPSA) is 72.2 Å². The Kier molecular flexibility index (Phi) is 4.54. The van der Waals surface area contributed by atoms with Gasteiger partial charge in [0.1, 0.15) is 5.65 Å². The van der Waals surface area contributed by atoms with Crippen molar-refractivity contribution < 1.29 is 4.79 Å². The summed E-state index contributed by atoms with van der Waals surface area (Å²) in [5.41, 5.74) is 4.01. The molecule has 0 unspecified atom stereocenters. The molecular weight excluding hydrogens is 406 g/mol. The van der Waals surface area contributed by atoms with Gasteiger partial charge in [0, 0.05) is 11.6 Å². The molecule has 5 rings (SSSR count). The molecule has 0 bridgehead atoms. The molecule has 5 aromatic rings. The van der Waals surface area contributed by atoms with Crippen molar-refractivity contribution in [2.75, 3.05) is 11.1 Å². The van der Waals surface area contributed by atoms with E-state index < -0.39 is 0 Å². The monoisotopic (exact) mass is 419 g/mol. The first-order chi connectivity index (χ1) is 14.2. The highest BCUT2D eigenvalue weighted by atomic mass is 35.5. The highest BCUT2D eigenvalue weighted by Crippen LogP contribution is 2.29. The number of amides is 1. The number of hydrogen-bond acceptors (Lipinski definition) is 5. The van der Waals surface area contributed by atoms with Gasteiger partial charge in [-0.05, 0) is 36.4 Å². The van der Waals surface area contributed by atoms with Gasteiger partial charge in [0.05, 0.1) is 28.0 Å². The first-order valence-electron chi connectivity index (χ1n) is 8.90. The molecule has 6 nitrogen and oxygen atoms in total. The fourth-order valence-corrected chi connectivity index (χ4v) is 4.18. The van der Waals surface area contributed by atoms with Crippen molar-refractivity contribution in [2.24, 2.45) is 0 Å². The van der Waals surface area contributed by atoms with E-state index >= 15 is 0 Å². The molecule has 3 heterocycles. The number of rotatable bonds is 4. The molecular formula is C21H14ClN5OS. The summed E-state index contributed by atoms with van der Waals surface area (Å²) in [6.07, 6.45) is 1.58. The molecule has 1 N–H and O–H groups in total. The average molecular weight is 420 g/mol. The Labute approximate surface area is 174 Å². The first-order valence-corrected chi connectivity index (χ1v) is 10.3. The van der Waals surface area contributed by atoms with E-state index in [1.54, 1.807) is 18.3 Å². The number of halogens is 1. The van der Waals surface area contributed by atoms with Crippen LogP contribution in [0.15, 0.2) is 72.0 Å². The highest BCUT2D eigenvalue weighted by molar-refractivity contribution is 7.99. The van der Waals surface area contributed by atoms with Gasteiger partial charge < -0.3 is 5.32 Å². The zero-order chi connectivity index (χ0) is 19.8. The van der Waals surface area contributed by atoms with Gasteiger partial charge in [0.25, 0.3) is 0 Å². The molecule has 0 aliphatic carbocycles. The Hall–Kier alpha value is -3.16. The van der Waals surface area contributed by atoms with Crippen LogP contribution >= 0.6 is 23.4 Å². The number of nitrogens with one attached hydrogen (secondary N) is 1.